The van der Waals surface area contributed by atoms with E-state index in [1.165, 1.54) is 12.3 Å². The summed E-state index contributed by atoms with van der Waals surface area (Å²) >= 11 is 0. The summed E-state index contributed by atoms with van der Waals surface area (Å²) in [5.41, 5.74) is 6.13. The number of pyridine rings is 1. The molecular formula is C13H18N4O3. The summed E-state index contributed by atoms with van der Waals surface area (Å²) in [4.78, 5) is 28.6. The van der Waals surface area contributed by atoms with Crippen molar-refractivity contribution in [3.8, 4) is 0 Å². The lowest BCUT2D eigenvalue weighted by molar-refractivity contribution is 0.0699. The molecule has 1 aromatic rings. The molecule has 0 aliphatic carbocycles. The molecule has 0 radical (unpaired) electrons. The second-order valence-corrected chi connectivity index (χ2v) is 5.01. The fourth-order valence-electron chi connectivity index (χ4n) is 2.40. The Morgan fingerprint density at radius 2 is 2.35 bits per heavy atom. The molecule has 2 rings (SSSR count). The number of carbonyl (C=O) groups is 1. The van der Waals surface area contributed by atoms with Crippen LogP contribution in [0, 0.1) is 12.8 Å². The highest BCUT2D eigenvalue weighted by atomic mass is 16.4. The smallest absolute Gasteiger partial charge is 0.259 e. The number of H-pyrrole nitrogens is 1. The van der Waals surface area contributed by atoms with E-state index in [1.807, 2.05) is 0 Å². The molecule has 108 valence electrons. The van der Waals surface area contributed by atoms with Gasteiger partial charge in [0.2, 0.25) is 0 Å². The molecule has 1 atom stereocenters. The van der Waals surface area contributed by atoms with Crippen molar-refractivity contribution in [1.29, 1.82) is 0 Å². The van der Waals surface area contributed by atoms with Crippen LogP contribution in [0.15, 0.2) is 22.2 Å². The molecule has 1 amide bonds. The van der Waals surface area contributed by atoms with Crippen LogP contribution in [0.2, 0.25) is 0 Å². The second kappa shape index (κ2) is 5.77. The Balaban J connectivity index is 2.18. The minimum Gasteiger partial charge on any atom is -0.409 e. The zero-order valence-electron chi connectivity index (χ0n) is 11.3. The van der Waals surface area contributed by atoms with Gasteiger partial charge in [-0.15, -0.1) is 0 Å². The minimum absolute atomic E-state index is 0.121. The zero-order valence-corrected chi connectivity index (χ0v) is 11.3. The summed E-state index contributed by atoms with van der Waals surface area (Å²) in [6.45, 7) is 2.69. The molecule has 1 saturated heterocycles. The average Bonchev–Trinajstić information content (AvgIpc) is 2.46. The summed E-state index contributed by atoms with van der Waals surface area (Å²) in [5, 5.41) is 11.7. The first-order chi connectivity index (χ1) is 9.52. The maximum atomic E-state index is 12.4. The van der Waals surface area contributed by atoms with Gasteiger partial charge < -0.3 is 20.8 Å². The van der Waals surface area contributed by atoms with Crippen molar-refractivity contribution in [2.75, 3.05) is 13.1 Å². The number of hydrogen-bond acceptors (Lipinski definition) is 4. The van der Waals surface area contributed by atoms with Crippen LogP contribution in [-0.2, 0) is 0 Å². The Morgan fingerprint density at radius 1 is 1.60 bits per heavy atom. The van der Waals surface area contributed by atoms with Gasteiger partial charge in [0.25, 0.3) is 5.91 Å². The molecule has 4 N–H and O–H groups in total. The normalized spacial score (nSPS) is 19.9. The van der Waals surface area contributed by atoms with Crippen molar-refractivity contribution in [2.45, 2.75) is 19.8 Å². The molecule has 0 aromatic carbocycles. The number of amidine groups is 1. The monoisotopic (exact) mass is 278 g/mol. The van der Waals surface area contributed by atoms with Gasteiger partial charge in [-0.3, -0.25) is 9.59 Å². The van der Waals surface area contributed by atoms with Crippen LogP contribution in [-0.4, -0.2) is 39.9 Å². The third-order valence-corrected chi connectivity index (χ3v) is 3.53. The first-order valence-electron chi connectivity index (χ1n) is 6.49. The summed E-state index contributed by atoms with van der Waals surface area (Å²) in [6, 6.07) is 1.40. The molecule has 7 nitrogen and oxygen atoms in total. The zero-order chi connectivity index (χ0) is 14.7. The van der Waals surface area contributed by atoms with Gasteiger partial charge >= 0.3 is 0 Å². The summed E-state index contributed by atoms with van der Waals surface area (Å²) in [7, 11) is 0. The van der Waals surface area contributed by atoms with E-state index in [0.717, 1.165) is 12.8 Å². The van der Waals surface area contributed by atoms with Crippen molar-refractivity contribution >= 4 is 11.7 Å². The first-order valence-corrected chi connectivity index (χ1v) is 6.49. The number of aryl methyl sites for hydroxylation is 1. The Bertz CT molecular complexity index is 594. The molecule has 1 aromatic heterocycles. The molecule has 20 heavy (non-hydrogen) atoms. The van der Waals surface area contributed by atoms with Gasteiger partial charge in [0, 0.05) is 37.0 Å². The number of nitrogens with zero attached hydrogens (tertiary/aromatic N) is 2. The van der Waals surface area contributed by atoms with E-state index >= 15 is 0 Å². The predicted molar refractivity (Wildman–Crippen MR) is 73.8 cm³/mol. The van der Waals surface area contributed by atoms with Crippen LogP contribution in [0.3, 0.4) is 0 Å². The van der Waals surface area contributed by atoms with Crippen LogP contribution < -0.4 is 11.2 Å². The van der Waals surface area contributed by atoms with Crippen LogP contribution >= 0.6 is 0 Å². The van der Waals surface area contributed by atoms with Gasteiger partial charge in [-0.05, 0) is 19.8 Å². The van der Waals surface area contributed by atoms with Gasteiger partial charge in [-0.25, -0.2) is 0 Å². The number of hydrogen-bond donors (Lipinski definition) is 3. The molecule has 1 fully saturated rings. The van der Waals surface area contributed by atoms with Crippen molar-refractivity contribution in [2.24, 2.45) is 16.8 Å². The maximum Gasteiger partial charge on any atom is 0.259 e. The SMILES string of the molecule is Cc1cc(=O)c(C(=O)N2CCCC(C(N)=NO)C2)c[nH]1. The molecule has 7 heteroatoms. The maximum absolute atomic E-state index is 12.4. The van der Waals surface area contributed by atoms with E-state index in [2.05, 4.69) is 10.1 Å². The fourth-order valence-corrected chi connectivity index (χ4v) is 2.40. The highest BCUT2D eigenvalue weighted by Crippen LogP contribution is 2.18. The topological polar surface area (TPSA) is 112 Å². The van der Waals surface area contributed by atoms with E-state index < -0.39 is 0 Å². The number of aromatic nitrogens is 1. The number of amides is 1. The van der Waals surface area contributed by atoms with E-state index in [-0.39, 0.29) is 28.7 Å². The number of nitrogens with two attached hydrogens (primary N) is 1. The molecule has 1 aliphatic rings. The summed E-state index contributed by atoms with van der Waals surface area (Å²) < 4.78 is 0. The lowest BCUT2D eigenvalue weighted by atomic mass is 9.96. The first kappa shape index (κ1) is 14.1. The highest BCUT2D eigenvalue weighted by Gasteiger charge is 2.27. The van der Waals surface area contributed by atoms with Crippen LogP contribution in [0.5, 0.6) is 0 Å². The summed E-state index contributed by atoms with van der Waals surface area (Å²) in [5.74, 6) is -0.357. The fraction of sp³-hybridized carbons (Fsp3) is 0.462. The Labute approximate surface area is 116 Å². The van der Waals surface area contributed by atoms with E-state index in [0.29, 0.717) is 18.8 Å². The number of oxime groups is 1. The van der Waals surface area contributed by atoms with Crippen LogP contribution in [0.4, 0.5) is 0 Å². The number of carbonyl (C=O) groups excluding carboxylic acids is 1. The highest BCUT2D eigenvalue weighted by molar-refractivity contribution is 5.94. The third-order valence-electron chi connectivity index (χ3n) is 3.53. The number of aromatic amines is 1. The van der Waals surface area contributed by atoms with Crippen LogP contribution in [0.1, 0.15) is 28.9 Å². The van der Waals surface area contributed by atoms with Crippen molar-refractivity contribution in [3.63, 3.8) is 0 Å². The largest absolute Gasteiger partial charge is 0.409 e. The van der Waals surface area contributed by atoms with E-state index in [1.54, 1.807) is 11.8 Å². The number of piperidine rings is 1. The average molecular weight is 278 g/mol. The number of likely N-dealkylation sites (tertiary alicyclic amines) is 1. The molecule has 1 aliphatic heterocycles. The molecule has 1 unspecified atom stereocenters. The van der Waals surface area contributed by atoms with Gasteiger partial charge in [0.1, 0.15) is 11.4 Å². The quantitative estimate of drug-likeness (QED) is 0.312. The lowest BCUT2D eigenvalue weighted by Gasteiger charge is -2.31. The predicted octanol–water partition coefficient (Wildman–Crippen LogP) is 0.282. The van der Waals surface area contributed by atoms with Crippen molar-refractivity contribution in [3.05, 3.63) is 33.7 Å². The Morgan fingerprint density at radius 3 is 3.00 bits per heavy atom. The van der Waals surface area contributed by atoms with Crippen LogP contribution in [0.25, 0.3) is 0 Å². The van der Waals surface area contributed by atoms with Crippen molar-refractivity contribution in [1.82, 2.24) is 9.88 Å². The molecule has 0 saturated carbocycles. The number of rotatable bonds is 2. The van der Waals surface area contributed by atoms with Crippen molar-refractivity contribution < 1.29 is 10.0 Å². The molecule has 2 heterocycles. The summed E-state index contributed by atoms with van der Waals surface area (Å²) in [6.07, 6.45) is 2.97. The molecule has 0 bridgehead atoms. The third kappa shape index (κ3) is 2.81. The van der Waals surface area contributed by atoms with E-state index in [9.17, 15) is 9.59 Å². The Hall–Kier alpha value is -2.31. The van der Waals surface area contributed by atoms with E-state index in [4.69, 9.17) is 10.9 Å². The van der Waals surface area contributed by atoms with Gasteiger partial charge in [0.15, 0.2) is 5.43 Å². The number of nitrogens with one attached hydrogen (secondary N) is 1. The van der Waals surface area contributed by atoms with Gasteiger partial charge in [0.05, 0.1) is 0 Å². The minimum atomic E-state index is -0.318. The van der Waals surface area contributed by atoms with Gasteiger partial charge in [-0.1, -0.05) is 5.16 Å². The molecule has 0 spiro atoms. The second-order valence-electron chi connectivity index (χ2n) is 5.01. The van der Waals surface area contributed by atoms with Gasteiger partial charge in [-0.2, -0.15) is 0 Å². The Kier molecular flexibility index (Phi) is 4.07. The standard InChI is InChI=1S/C13H18N4O3/c1-8-5-11(18)10(6-15-8)13(19)17-4-2-3-9(7-17)12(14)16-20/h5-6,9,20H,2-4,7H2,1H3,(H2,14,16)(H,15,18). The molecular weight excluding hydrogens is 260 g/mol. The lowest BCUT2D eigenvalue weighted by Crippen LogP contribution is -2.45.